The highest BCUT2D eigenvalue weighted by atomic mass is 35.5. The van der Waals surface area contributed by atoms with E-state index >= 15 is 0 Å². The first-order valence-corrected chi connectivity index (χ1v) is 10.8. The third kappa shape index (κ3) is 3.65. The molecule has 1 fully saturated rings. The average molecular weight is 409 g/mol. The minimum absolute atomic E-state index is 0.0198. The highest BCUT2D eigenvalue weighted by Gasteiger charge is 2.28. The molecule has 0 atom stereocenters. The third-order valence-corrected chi connectivity index (χ3v) is 6.35. The Labute approximate surface area is 175 Å². The Morgan fingerprint density at radius 1 is 1.00 bits per heavy atom. The summed E-state index contributed by atoms with van der Waals surface area (Å²) in [4.78, 5) is 22.6. The van der Waals surface area contributed by atoms with Crippen molar-refractivity contribution in [1.29, 1.82) is 0 Å². The maximum Gasteiger partial charge on any atom is 0.274 e. The van der Waals surface area contributed by atoms with Gasteiger partial charge in [0, 0.05) is 25.8 Å². The number of fused-ring (bicyclic) bond motifs is 2. The fourth-order valence-electron chi connectivity index (χ4n) is 4.54. The van der Waals surface area contributed by atoms with Crippen molar-refractivity contribution in [3.05, 3.63) is 70.1 Å². The molecule has 150 valence electrons. The Morgan fingerprint density at radius 3 is 2.62 bits per heavy atom. The molecule has 29 heavy (non-hydrogen) atoms. The molecule has 0 N–H and O–H groups in total. The van der Waals surface area contributed by atoms with E-state index in [-0.39, 0.29) is 5.91 Å². The number of hydrogen-bond donors (Lipinski definition) is 0. The number of piperidine rings is 1. The van der Waals surface area contributed by atoms with Crippen molar-refractivity contribution in [2.45, 2.75) is 38.8 Å². The maximum absolute atomic E-state index is 13.5. The van der Waals surface area contributed by atoms with Gasteiger partial charge in [-0.2, -0.15) is 0 Å². The maximum atomic E-state index is 13.5. The second-order valence-electron chi connectivity index (χ2n) is 8.06. The number of likely N-dealkylation sites (tertiary alicyclic amines) is 1. The first kappa shape index (κ1) is 18.6. The van der Waals surface area contributed by atoms with Crippen LogP contribution in [0.2, 0.25) is 5.02 Å². The van der Waals surface area contributed by atoms with Crippen molar-refractivity contribution in [2.24, 2.45) is 0 Å². The van der Waals surface area contributed by atoms with E-state index in [1.165, 1.54) is 30.4 Å². The molecule has 0 unspecified atom stereocenters. The zero-order valence-electron chi connectivity index (χ0n) is 16.5. The summed E-state index contributed by atoms with van der Waals surface area (Å²) in [7, 11) is 0. The molecule has 2 aliphatic rings. The van der Waals surface area contributed by atoms with E-state index in [1.807, 2.05) is 33.7 Å². The molecule has 4 heterocycles. The smallest absolute Gasteiger partial charge is 0.274 e. The number of amides is 1. The predicted octanol–water partition coefficient (Wildman–Crippen LogP) is 4.17. The Bertz CT molecular complexity index is 1050. The molecule has 1 saturated heterocycles. The van der Waals surface area contributed by atoms with Crippen LogP contribution in [0.3, 0.4) is 0 Å². The summed E-state index contributed by atoms with van der Waals surface area (Å²) in [6.45, 7) is 4.24. The van der Waals surface area contributed by atoms with Crippen LogP contribution in [0.4, 0.5) is 0 Å². The largest absolute Gasteiger partial charge is 0.333 e. The SMILES string of the molecule is O=C(c1nc2ccc(Cl)cn2c1CN1CCCCC1)N1CCc2ccccc2C1. The number of nitrogens with zero attached hydrogens (tertiary/aromatic N) is 4. The topological polar surface area (TPSA) is 40.9 Å². The number of imidazole rings is 1. The molecule has 0 bridgehead atoms. The van der Waals surface area contributed by atoms with E-state index < -0.39 is 0 Å². The molecule has 0 saturated carbocycles. The molecule has 1 aromatic carbocycles. The summed E-state index contributed by atoms with van der Waals surface area (Å²) in [6, 6.07) is 12.1. The van der Waals surface area contributed by atoms with Crippen LogP contribution in [-0.4, -0.2) is 44.7 Å². The van der Waals surface area contributed by atoms with Gasteiger partial charge in [0.2, 0.25) is 0 Å². The first-order valence-electron chi connectivity index (χ1n) is 10.4. The van der Waals surface area contributed by atoms with Gasteiger partial charge < -0.3 is 9.30 Å². The number of pyridine rings is 1. The van der Waals surface area contributed by atoms with E-state index in [1.54, 1.807) is 0 Å². The second kappa shape index (κ2) is 7.81. The van der Waals surface area contributed by atoms with Crippen LogP contribution in [0.1, 0.15) is 46.6 Å². The van der Waals surface area contributed by atoms with Gasteiger partial charge in [0.15, 0.2) is 5.69 Å². The van der Waals surface area contributed by atoms with Crippen molar-refractivity contribution in [2.75, 3.05) is 19.6 Å². The highest BCUT2D eigenvalue weighted by Crippen LogP contribution is 2.24. The molecule has 2 aliphatic heterocycles. The van der Waals surface area contributed by atoms with Crippen molar-refractivity contribution in [3.63, 3.8) is 0 Å². The monoisotopic (exact) mass is 408 g/mol. The van der Waals surface area contributed by atoms with Crippen molar-refractivity contribution < 1.29 is 4.79 Å². The van der Waals surface area contributed by atoms with Crippen LogP contribution >= 0.6 is 11.6 Å². The summed E-state index contributed by atoms with van der Waals surface area (Å²) in [5, 5.41) is 0.653. The molecular weight excluding hydrogens is 384 g/mol. The normalized spacial score (nSPS) is 17.5. The van der Waals surface area contributed by atoms with Gasteiger partial charge in [0.1, 0.15) is 5.65 Å². The Morgan fingerprint density at radius 2 is 1.79 bits per heavy atom. The number of carbonyl (C=O) groups excluding carboxylic acids is 1. The molecule has 2 aromatic heterocycles. The van der Waals surface area contributed by atoms with Crippen LogP contribution in [0, 0.1) is 0 Å². The second-order valence-corrected chi connectivity index (χ2v) is 8.50. The lowest BCUT2D eigenvalue weighted by Crippen LogP contribution is -2.37. The Kier molecular flexibility index (Phi) is 5.02. The van der Waals surface area contributed by atoms with Crippen LogP contribution in [-0.2, 0) is 19.5 Å². The van der Waals surface area contributed by atoms with E-state index in [0.717, 1.165) is 43.9 Å². The lowest BCUT2D eigenvalue weighted by atomic mass is 9.99. The lowest BCUT2D eigenvalue weighted by molar-refractivity contribution is 0.0726. The van der Waals surface area contributed by atoms with E-state index in [9.17, 15) is 4.79 Å². The average Bonchev–Trinajstić information content (AvgIpc) is 3.11. The predicted molar refractivity (Wildman–Crippen MR) is 114 cm³/mol. The first-order chi connectivity index (χ1) is 14.2. The third-order valence-electron chi connectivity index (χ3n) is 6.12. The zero-order chi connectivity index (χ0) is 19.8. The fourth-order valence-corrected chi connectivity index (χ4v) is 4.70. The van der Waals surface area contributed by atoms with Gasteiger partial charge in [-0.15, -0.1) is 0 Å². The molecule has 0 spiro atoms. The quantitative estimate of drug-likeness (QED) is 0.653. The van der Waals surface area contributed by atoms with Crippen LogP contribution in [0.15, 0.2) is 42.6 Å². The number of halogens is 1. The Balaban J connectivity index is 1.50. The molecule has 6 heteroatoms. The molecule has 5 nitrogen and oxygen atoms in total. The van der Waals surface area contributed by atoms with E-state index in [2.05, 4.69) is 23.1 Å². The van der Waals surface area contributed by atoms with E-state index in [4.69, 9.17) is 16.6 Å². The lowest BCUT2D eigenvalue weighted by Gasteiger charge is -2.29. The molecule has 1 amide bonds. The number of hydrogen-bond acceptors (Lipinski definition) is 3. The van der Waals surface area contributed by atoms with Crippen LogP contribution in [0.25, 0.3) is 5.65 Å². The molecule has 5 rings (SSSR count). The number of aromatic nitrogens is 2. The number of rotatable bonds is 3. The summed E-state index contributed by atoms with van der Waals surface area (Å²) in [6.07, 6.45) is 6.48. The summed E-state index contributed by atoms with van der Waals surface area (Å²) in [5.41, 5.74) is 4.87. The molecule has 3 aromatic rings. The van der Waals surface area contributed by atoms with Crippen LogP contribution in [0.5, 0.6) is 0 Å². The van der Waals surface area contributed by atoms with Gasteiger partial charge in [-0.25, -0.2) is 4.98 Å². The number of benzene rings is 1. The van der Waals surface area contributed by atoms with E-state index in [0.29, 0.717) is 17.3 Å². The van der Waals surface area contributed by atoms with Gasteiger partial charge in [-0.1, -0.05) is 42.3 Å². The van der Waals surface area contributed by atoms with Crippen molar-refractivity contribution in [3.8, 4) is 0 Å². The Hall–Kier alpha value is -2.37. The standard InChI is InChI=1S/C23H25ClN4O/c24-19-8-9-21-25-22(20(28(21)15-19)16-26-11-4-1-5-12-26)23(29)27-13-10-17-6-2-3-7-18(17)14-27/h2-3,6-9,15H,1,4-5,10-14,16H2. The minimum atomic E-state index is 0.0198. The highest BCUT2D eigenvalue weighted by molar-refractivity contribution is 6.30. The van der Waals surface area contributed by atoms with Gasteiger partial charge in [0.05, 0.1) is 10.7 Å². The van der Waals surface area contributed by atoms with Gasteiger partial charge in [0.25, 0.3) is 5.91 Å². The summed E-state index contributed by atoms with van der Waals surface area (Å²) >= 11 is 6.27. The van der Waals surface area contributed by atoms with Crippen molar-refractivity contribution in [1.82, 2.24) is 19.2 Å². The van der Waals surface area contributed by atoms with Gasteiger partial charge in [-0.3, -0.25) is 9.69 Å². The number of carbonyl (C=O) groups is 1. The van der Waals surface area contributed by atoms with Crippen molar-refractivity contribution >= 4 is 23.2 Å². The fraction of sp³-hybridized carbons (Fsp3) is 0.391. The summed E-state index contributed by atoms with van der Waals surface area (Å²) < 4.78 is 2.00. The van der Waals surface area contributed by atoms with Gasteiger partial charge in [-0.05, 0) is 55.6 Å². The molecular formula is C23H25ClN4O. The van der Waals surface area contributed by atoms with Gasteiger partial charge >= 0.3 is 0 Å². The molecule has 0 radical (unpaired) electrons. The summed E-state index contributed by atoms with van der Waals surface area (Å²) in [5.74, 6) is 0.0198. The molecule has 0 aliphatic carbocycles. The zero-order valence-corrected chi connectivity index (χ0v) is 17.2. The van der Waals surface area contributed by atoms with Crippen LogP contribution < -0.4 is 0 Å². The minimum Gasteiger partial charge on any atom is -0.333 e.